The highest BCUT2D eigenvalue weighted by Gasteiger charge is 2.08. The largest absolute Gasteiger partial charge is 0.398 e. The predicted octanol–water partition coefficient (Wildman–Crippen LogP) is 0.847. The molecule has 0 aromatic carbocycles. The standard InChI is InChI=1S/C6H6N2S2.ClH/c7-3-1-5(9)4(8)2-6(3)10;/h1-2H,7-8H2;1H. The molecule has 2 nitrogen and oxygen atoms in total. The van der Waals surface area contributed by atoms with Crippen LogP contribution in [-0.2, 0) is 0 Å². The Hall–Kier alpha value is -0.450. The summed E-state index contributed by atoms with van der Waals surface area (Å²) in [6.07, 6.45) is 3.21. The lowest BCUT2D eigenvalue weighted by molar-refractivity contribution is 1.45. The summed E-state index contributed by atoms with van der Waals surface area (Å²) in [4.78, 5) is 1.12. The molecule has 0 atom stereocenters. The van der Waals surface area contributed by atoms with E-state index >= 15 is 0 Å². The number of rotatable bonds is 0. The fourth-order valence-electron chi connectivity index (χ4n) is 0.591. The molecule has 0 aromatic heterocycles. The molecule has 11 heavy (non-hydrogen) atoms. The molecule has 4 N–H and O–H groups in total. The van der Waals surface area contributed by atoms with E-state index in [1.807, 2.05) is 0 Å². The highest BCUT2D eigenvalue weighted by Crippen LogP contribution is 2.06. The van der Waals surface area contributed by atoms with Crippen molar-refractivity contribution in [1.82, 2.24) is 0 Å². The summed E-state index contributed by atoms with van der Waals surface area (Å²) >= 11 is 9.70. The first kappa shape index (κ1) is 10.6. The Morgan fingerprint density at radius 2 is 1.18 bits per heavy atom. The Labute approximate surface area is 81.7 Å². The van der Waals surface area contributed by atoms with Gasteiger partial charge in [0.1, 0.15) is 0 Å². The van der Waals surface area contributed by atoms with Crippen LogP contribution >= 0.6 is 36.8 Å². The molecule has 0 aromatic rings. The van der Waals surface area contributed by atoms with Crippen LogP contribution in [0.3, 0.4) is 0 Å². The van der Waals surface area contributed by atoms with Crippen LogP contribution in [0.15, 0.2) is 23.5 Å². The topological polar surface area (TPSA) is 52.0 Å². The zero-order valence-corrected chi connectivity index (χ0v) is 7.98. The van der Waals surface area contributed by atoms with Crippen molar-refractivity contribution >= 4 is 46.6 Å². The lowest BCUT2D eigenvalue weighted by Gasteiger charge is -2.07. The highest BCUT2D eigenvalue weighted by molar-refractivity contribution is 7.82. The lowest BCUT2D eigenvalue weighted by Crippen LogP contribution is -2.19. The molecule has 0 bridgehead atoms. The van der Waals surface area contributed by atoms with Gasteiger partial charge in [-0.25, -0.2) is 0 Å². The normalized spacial score (nSPS) is 16.7. The molecule has 0 aliphatic heterocycles. The van der Waals surface area contributed by atoms with Crippen LogP contribution in [0.5, 0.6) is 0 Å². The van der Waals surface area contributed by atoms with E-state index in [0.717, 1.165) is 0 Å². The van der Waals surface area contributed by atoms with Crippen LogP contribution in [0.4, 0.5) is 0 Å². The second kappa shape index (κ2) is 3.80. The van der Waals surface area contributed by atoms with Crippen LogP contribution in [0.25, 0.3) is 0 Å². The van der Waals surface area contributed by atoms with E-state index in [9.17, 15) is 0 Å². The van der Waals surface area contributed by atoms with Crippen LogP contribution in [-0.4, -0.2) is 9.73 Å². The Balaban J connectivity index is 0.000001000. The molecular weight excluding hydrogens is 200 g/mol. The molecular formula is C6H7ClN2S2. The molecule has 1 rings (SSSR count). The van der Waals surface area contributed by atoms with Gasteiger partial charge in [0.2, 0.25) is 0 Å². The smallest absolute Gasteiger partial charge is 0.0628 e. The van der Waals surface area contributed by atoms with E-state index in [2.05, 4.69) is 0 Å². The molecule has 0 fully saturated rings. The van der Waals surface area contributed by atoms with Crippen LogP contribution in [0.2, 0.25) is 0 Å². The number of thiocarbonyl (C=S) groups is 2. The number of allylic oxidation sites excluding steroid dienone is 2. The van der Waals surface area contributed by atoms with Gasteiger partial charge in [-0.1, -0.05) is 24.4 Å². The van der Waals surface area contributed by atoms with Crippen molar-refractivity contribution < 1.29 is 0 Å². The summed E-state index contributed by atoms with van der Waals surface area (Å²) in [6, 6.07) is 0. The van der Waals surface area contributed by atoms with E-state index in [0.29, 0.717) is 21.1 Å². The van der Waals surface area contributed by atoms with Gasteiger partial charge in [-0.05, 0) is 12.2 Å². The molecule has 0 spiro atoms. The van der Waals surface area contributed by atoms with E-state index in [1.165, 1.54) is 0 Å². The van der Waals surface area contributed by atoms with Crippen molar-refractivity contribution in [2.24, 2.45) is 11.5 Å². The number of hydrogen-bond donors (Lipinski definition) is 2. The van der Waals surface area contributed by atoms with E-state index in [4.69, 9.17) is 35.9 Å². The first-order valence-electron chi connectivity index (χ1n) is 2.64. The monoisotopic (exact) mass is 206 g/mol. The predicted molar refractivity (Wildman–Crippen MR) is 57.0 cm³/mol. The zero-order valence-electron chi connectivity index (χ0n) is 5.53. The lowest BCUT2D eigenvalue weighted by atomic mass is 10.1. The quantitative estimate of drug-likeness (QED) is 0.577. The number of halogens is 1. The van der Waals surface area contributed by atoms with Crippen LogP contribution in [0.1, 0.15) is 0 Å². The Morgan fingerprint density at radius 1 is 0.909 bits per heavy atom. The summed E-state index contributed by atoms with van der Waals surface area (Å²) < 4.78 is 0. The van der Waals surface area contributed by atoms with Gasteiger partial charge in [-0.2, -0.15) is 0 Å². The van der Waals surface area contributed by atoms with Gasteiger partial charge in [-0.15, -0.1) is 12.4 Å². The first-order valence-corrected chi connectivity index (χ1v) is 3.46. The maximum absolute atomic E-state index is 5.46. The van der Waals surface area contributed by atoms with Crippen molar-refractivity contribution in [1.29, 1.82) is 0 Å². The highest BCUT2D eigenvalue weighted by atomic mass is 35.5. The van der Waals surface area contributed by atoms with Gasteiger partial charge in [0.15, 0.2) is 0 Å². The fourth-order valence-corrected chi connectivity index (χ4v) is 0.963. The minimum Gasteiger partial charge on any atom is -0.398 e. The molecule has 0 unspecified atom stereocenters. The van der Waals surface area contributed by atoms with Crippen molar-refractivity contribution in [3.63, 3.8) is 0 Å². The SMILES string of the molecule is Cl.NC1=CC(=S)C(N)=CC1=S. The maximum atomic E-state index is 5.46. The Kier molecular flexibility index (Phi) is 3.65. The third-order valence-electron chi connectivity index (χ3n) is 1.14. The molecule has 0 saturated carbocycles. The third kappa shape index (κ3) is 2.25. The van der Waals surface area contributed by atoms with E-state index in [-0.39, 0.29) is 12.4 Å². The summed E-state index contributed by atoms with van der Waals surface area (Å²) in [5.41, 5.74) is 12.0. The van der Waals surface area contributed by atoms with Gasteiger partial charge < -0.3 is 11.5 Å². The second-order valence-corrected chi connectivity index (χ2v) is 2.81. The Morgan fingerprint density at radius 3 is 1.45 bits per heavy atom. The average molecular weight is 207 g/mol. The molecule has 1 aliphatic carbocycles. The summed E-state index contributed by atoms with van der Waals surface area (Å²) in [7, 11) is 0. The summed E-state index contributed by atoms with van der Waals surface area (Å²) in [6.45, 7) is 0. The van der Waals surface area contributed by atoms with E-state index in [1.54, 1.807) is 12.2 Å². The maximum Gasteiger partial charge on any atom is 0.0628 e. The zero-order chi connectivity index (χ0) is 7.72. The summed E-state index contributed by atoms with van der Waals surface area (Å²) in [5.74, 6) is 0. The third-order valence-corrected chi connectivity index (χ3v) is 1.85. The van der Waals surface area contributed by atoms with Crippen molar-refractivity contribution in [2.75, 3.05) is 0 Å². The van der Waals surface area contributed by atoms with Crippen LogP contribution < -0.4 is 11.5 Å². The molecule has 0 radical (unpaired) electrons. The molecule has 1 aliphatic rings. The second-order valence-electron chi connectivity index (χ2n) is 1.93. The molecule has 0 heterocycles. The average Bonchev–Trinajstić information content (AvgIpc) is 1.84. The summed E-state index contributed by atoms with van der Waals surface area (Å²) in [5, 5.41) is 0. The molecule has 5 heteroatoms. The first-order chi connectivity index (χ1) is 4.61. The van der Waals surface area contributed by atoms with E-state index < -0.39 is 0 Å². The fraction of sp³-hybridized carbons (Fsp3) is 0. The van der Waals surface area contributed by atoms with Crippen LogP contribution in [0, 0.1) is 0 Å². The molecule has 0 amide bonds. The van der Waals surface area contributed by atoms with Gasteiger partial charge in [0, 0.05) is 0 Å². The molecule has 0 saturated heterocycles. The Bertz CT molecular complexity index is 240. The molecule has 60 valence electrons. The van der Waals surface area contributed by atoms with Crippen molar-refractivity contribution in [2.45, 2.75) is 0 Å². The minimum atomic E-state index is 0. The van der Waals surface area contributed by atoms with Crippen molar-refractivity contribution in [3.8, 4) is 0 Å². The van der Waals surface area contributed by atoms with Gasteiger partial charge in [0.25, 0.3) is 0 Å². The van der Waals surface area contributed by atoms with Gasteiger partial charge in [0.05, 0.1) is 21.1 Å². The van der Waals surface area contributed by atoms with Gasteiger partial charge in [-0.3, -0.25) is 0 Å². The minimum absolute atomic E-state index is 0. The number of hydrogen-bond acceptors (Lipinski definition) is 4. The van der Waals surface area contributed by atoms with Gasteiger partial charge >= 0.3 is 0 Å². The van der Waals surface area contributed by atoms with Crippen molar-refractivity contribution in [3.05, 3.63) is 23.5 Å². The number of nitrogens with two attached hydrogens (primary N) is 2.